The average Bonchev–Trinajstić information content (AvgIpc) is 3.62. The smallest absolute Gasteiger partial charge is 0.220 e. The molecular formula is C35H41N5O5S. The van der Waals surface area contributed by atoms with Crippen molar-refractivity contribution in [2.24, 2.45) is 0 Å². The minimum atomic E-state index is -0.544. The molecule has 0 spiro atoms. The number of ether oxygens (including phenoxy) is 2. The van der Waals surface area contributed by atoms with Crippen LogP contribution in [0, 0.1) is 0 Å². The minimum Gasteiger partial charge on any atom is -0.392 e. The number of hydrogen-bond acceptors (Lipinski definition) is 8. The molecular weight excluding hydrogens is 602 g/mol. The molecule has 10 nitrogen and oxygen atoms in total. The summed E-state index contributed by atoms with van der Waals surface area (Å²) in [6, 6.07) is 24.3. The lowest BCUT2D eigenvalue weighted by atomic mass is 9.99. The lowest BCUT2D eigenvalue weighted by Gasteiger charge is -2.36. The van der Waals surface area contributed by atoms with Gasteiger partial charge >= 0.3 is 0 Å². The summed E-state index contributed by atoms with van der Waals surface area (Å²) in [5, 5.41) is 22.8. The molecule has 0 saturated carbocycles. The van der Waals surface area contributed by atoms with Crippen LogP contribution in [-0.4, -0.2) is 50.5 Å². The Bertz CT molecular complexity index is 1530. The second kappa shape index (κ2) is 17.0. The lowest BCUT2D eigenvalue weighted by Crippen LogP contribution is -2.31. The first-order valence-electron chi connectivity index (χ1n) is 15.7. The highest BCUT2D eigenvalue weighted by molar-refractivity contribution is 7.99. The number of thioether (sulfide) groups is 1. The maximum atomic E-state index is 12.3. The molecule has 1 aliphatic rings. The Kier molecular flexibility index (Phi) is 12.4. The molecule has 4 aromatic rings. The quantitative estimate of drug-likeness (QED) is 0.0969. The Balaban J connectivity index is 1.19. The van der Waals surface area contributed by atoms with Crippen molar-refractivity contribution in [2.45, 2.75) is 75.8 Å². The second-order valence-electron chi connectivity index (χ2n) is 11.3. The molecule has 1 aromatic heterocycles. The molecule has 1 fully saturated rings. The molecule has 4 N–H and O–H groups in total. The van der Waals surface area contributed by atoms with E-state index in [4.69, 9.17) is 9.47 Å². The summed E-state index contributed by atoms with van der Waals surface area (Å²) in [5.74, 6) is 0.699. The third kappa shape index (κ3) is 9.98. The number of aromatic amines is 1. The summed E-state index contributed by atoms with van der Waals surface area (Å²) in [4.78, 5) is 27.5. The van der Waals surface area contributed by atoms with Crippen molar-refractivity contribution in [3.05, 3.63) is 101 Å². The second-order valence-corrected chi connectivity index (χ2v) is 12.4. The maximum Gasteiger partial charge on any atom is 0.220 e. The number of nitrogens with zero attached hydrogens (tertiary/aromatic N) is 2. The van der Waals surface area contributed by atoms with E-state index in [0.29, 0.717) is 31.7 Å². The summed E-state index contributed by atoms with van der Waals surface area (Å²) >= 11 is 1.57. The predicted octanol–water partition coefficient (Wildman–Crippen LogP) is 5.61. The first-order chi connectivity index (χ1) is 22.5. The minimum absolute atomic E-state index is 0.000907. The van der Waals surface area contributed by atoms with Crippen LogP contribution < -0.4 is 10.6 Å². The van der Waals surface area contributed by atoms with Crippen molar-refractivity contribution in [1.29, 1.82) is 0 Å². The van der Waals surface area contributed by atoms with Crippen molar-refractivity contribution < 1.29 is 24.2 Å². The van der Waals surface area contributed by atoms with Crippen molar-refractivity contribution >= 4 is 23.6 Å². The van der Waals surface area contributed by atoms with Gasteiger partial charge in [-0.15, -0.1) is 0 Å². The molecule has 5 rings (SSSR count). The monoisotopic (exact) mass is 643 g/mol. The van der Waals surface area contributed by atoms with Gasteiger partial charge in [-0.2, -0.15) is 5.10 Å². The number of carbonyl (C=O) groups is 2. The van der Waals surface area contributed by atoms with Gasteiger partial charge in [-0.3, -0.25) is 14.7 Å². The molecule has 242 valence electrons. The number of benzene rings is 3. The van der Waals surface area contributed by atoms with Gasteiger partial charge < -0.3 is 25.2 Å². The number of H-pyrrole nitrogens is 1. The first kappa shape index (κ1) is 33.3. The van der Waals surface area contributed by atoms with Crippen LogP contribution >= 0.6 is 11.8 Å². The largest absolute Gasteiger partial charge is 0.392 e. The van der Waals surface area contributed by atoms with E-state index in [1.54, 1.807) is 11.8 Å². The van der Waals surface area contributed by atoms with Crippen molar-refractivity contribution in [1.82, 2.24) is 25.8 Å². The zero-order chi connectivity index (χ0) is 32.1. The van der Waals surface area contributed by atoms with E-state index >= 15 is 0 Å². The standard InChI is InChI=1S/C35H41N5O5S/c1-24(42)36-17-4-2-3-8-33(43)37-20-26-6-5-7-30(18-26)27-13-15-29(16-14-27)34-44-31(22-46-35-38-23-39-40-35)19-32(45-34)28-11-9-25(21-41)10-12-28/h5-7,9-16,18,23,31-32,34,41H,2-4,8,17,19-22H2,1H3,(H,36,42)(H,37,43)(H,38,39,40). The fraction of sp³-hybridized carbons (Fsp3) is 0.371. The van der Waals surface area contributed by atoms with Crippen LogP contribution in [0.2, 0.25) is 0 Å². The van der Waals surface area contributed by atoms with Crippen LogP contribution in [0.5, 0.6) is 0 Å². The van der Waals surface area contributed by atoms with E-state index in [2.05, 4.69) is 50.1 Å². The van der Waals surface area contributed by atoms with Crippen molar-refractivity contribution in [3.8, 4) is 11.1 Å². The number of aromatic nitrogens is 3. The van der Waals surface area contributed by atoms with Gasteiger partial charge in [0.05, 0.1) is 18.8 Å². The summed E-state index contributed by atoms with van der Waals surface area (Å²) in [5.41, 5.74) is 5.98. The number of aliphatic hydroxyl groups is 1. The maximum absolute atomic E-state index is 12.3. The molecule has 2 heterocycles. The molecule has 2 amide bonds. The summed E-state index contributed by atoms with van der Waals surface area (Å²) in [6.45, 7) is 2.63. The van der Waals surface area contributed by atoms with E-state index in [1.165, 1.54) is 13.3 Å². The zero-order valence-corrected chi connectivity index (χ0v) is 26.8. The van der Waals surface area contributed by atoms with Crippen LogP contribution in [-0.2, 0) is 32.2 Å². The topological polar surface area (TPSA) is 138 Å². The molecule has 0 bridgehead atoms. The van der Waals surface area contributed by atoms with Gasteiger partial charge in [0.15, 0.2) is 11.4 Å². The van der Waals surface area contributed by atoms with Crippen LogP contribution in [0.1, 0.15) is 73.7 Å². The van der Waals surface area contributed by atoms with Gasteiger partial charge in [0.2, 0.25) is 11.8 Å². The average molecular weight is 644 g/mol. The van der Waals surface area contributed by atoms with Crippen molar-refractivity contribution in [3.63, 3.8) is 0 Å². The van der Waals surface area contributed by atoms with Gasteiger partial charge in [0, 0.05) is 44.2 Å². The number of aliphatic hydroxyl groups excluding tert-OH is 1. The first-order valence-corrected chi connectivity index (χ1v) is 16.6. The Labute approximate surface area is 273 Å². The molecule has 0 aliphatic carbocycles. The fourth-order valence-corrected chi connectivity index (χ4v) is 6.09. The van der Waals surface area contributed by atoms with Gasteiger partial charge in [-0.25, -0.2) is 4.98 Å². The van der Waals surface area contributed by atoms with E-state index in [0.717, 1.165) is 57.8 Å². The number of amides is 2. The van der Waals surface area contributed by atoms with E-state index < -0.39 is 6.29 Å². The number of carbonyl (C=O) groups excluding carboxylic acids is 2. The Morgan fingerprint density at radius 1 is 0.935 bits per heavy atom. The van der Waals surface area contributed by atoms with Crippen molar-refractivity contribution in [2.75, 3.05) is 12.3 Å². The SMILES string of the molecule is CC(=O)NCCCCCC(=O)NCc1cccc(-c2ccc(C3OC(CSc4ncn[nH]4)CC(c4ccc(CO)cc4)O3)cc2)c1. The lowest BCUT2D eigenvalue weighted by molar-refractivity contribution is -0.245. The summed E-state index contributed by atoms with van der Waals surface area (Å²) in [7, 11) is 0. The normalized spacial score (nSPS) is 17.8. The van der Waals surface area contributed by atoms with Crippen LogP contribution in [0.4, 0.5) is 0 Å². The zero-order valence-electron chi connectivity index (χ0n) is 26.0. The third-order valence-electron chi connectivity index (χ3n) is 7.80. The van der Waals surface area contributed by atoms with E-state index in [1.807, 2.05) is 48.5 Å². The molecule has 1 saturated heterocycles. The van der Waals surface area contributed by atoms with Gasteiger partial charge in [-0.05, 0) is 46.7 Å². The third-order valence-corrected chi connectivity index (χ3v) is 8.81. The summed E-state index contributed by atoms with van der Waals surface area (Å²) in [6.07, 6.45) is 4.44. The van der Waals surface area contributed by atoms with Crippen LogP contribution in [0.25, 0.3) is 11.1 Å². The molecule has 3 atom stereocenters. The molecule has 46 heavy (non-hydrogen) atoms. The van der Waals surface area contributed by atoms with Gasteiger partial charge in [-0.1, -0.05) is 84.9 Å². The Morgan fingerprint density at radius 2 is 1.74 bits per heavy atom. The fourth-order valence-electron chi connectivity index (χ4n) is 5.29. The number of nitrogens with one attached hydrogen (secondary N) is 3. The van der Waals surface area contributed by atoms with Crippen LogP contribution in [0.15, 0.2) is 84.3 Å². The molecule has 1 aliphatic heterocycles. The Morgan fingerprint density at radius 3 is 2.48 bits per heavy atom. The van der Waals surface area contributed by atoms with E-state index in [-0.39, 0.29) is 30.6 Å². The molecule has 3 aromatic carbocycles. The van der Waals surface area contributed by atoms with Gasteiger partial charge in [0.25, 0.3) is 0 Å². The highest BCUT2D eigenvalue weighted by Crippen LogP contribution is 2.39. The highest BCUT2D eigenvalue weighted by atomic mass is 32.2. The van der Waals surface area contributed by atoms with Gasteiger partial charge in [0.1, 0.15) is 6.33 Å². The van der Waals surface area contributed by atoms with Crippen LogP contribution in [0.3, 0.4) is 0 Å². The highest BCUT2D eigenvalue weighted by Gasteiger charge is 2.32. The molecule has 0 radical (unpaired) electrons. The Hall–Kier alpha value is -4.03. The number of rotatable bonds is 15. The molecule has 11 heteroatoms. The van der Waals surface area contributed by atoms with E-state index in [9.17, 15) is 14.7 Å². The predicted molar refractivity (Wildman–Crippen MR) is 176 cm³/mol. The summed E-state index contributed by atoms with van der Waals surface area (Å²) < 4.78 is 12.9. The number of unbranched alkanes of at least 4 members (excludes halogenated alkanes) is 2. The number of hydrogen-bond donors (Lipinski definition) is 4. The molecule has 3 unspecified atom stereocenters.